The zero-order chi connectivity index (χ0) is 18.0. The van der Waals surface area contributed by atoms with Crippen LogP contribution in [0.3, 0.4) is 0 Å². The summed E-state index contributed by atoms with van der Waals surface area (Å²) in [7, 11) is 0. The Balaban J connectivity index is 1.66. The van der Waals surface area contributed by atoms with Crippen molar-refractivity contribution in [1.29, 1.82) is 0 Å². The molecule has 1 aliphatic rings. The second-order valence-electron chi connectivity index (χ2n) is 6.13. The van der Waals surface area contributed by atoms with Gasteiger partial charge in [0.1, 0.15) is 16.3 Å². The summed E-state index contributed by atoms with van der Waals surface area (Å²) in [5, 5.41) is 16.2. The molecule has 0 unspecified atom stereocenters. The van der Waals surface area contributed by atoms with Crippen LogP contribution < -0.4 is 5.32 Å². The first kappa shape index (κ1) is 17.6. The van der Waals surface area contributed by atoms with Crippen LogP contribution >= 0.6 is 11.3 Å². The van der Waals surface area contributed by atoms with Crippen molar-refractivity contribution >= 4 is 28.3 Å². The highest BCUT2D eigenvalue weighted by Gasteiger charge is 2.28. The van der Waals surface area contributed by atoms with Crippen molar-refractivity contribution in [2.24, 2.45) is 0 Å². The quantitative estimate of drug-likeness (QED) is 0.839. The molecule has 1 fully saturated rings. The van der Waals surface area contributed by atoms with Gasteiger partial charge in [0, 0.05) is 6.07 Å². The van der Waals surface area contributed by atoms with Crippen molar-refractivity contribution in [1.82, 2.24) is 15.0 Å². The number of thiazole rings is 1. The minimum Gasteiger partial charge on any atom is -0.477 e. The third-order valence-electron chi connectivity index (χ3n) is 4.19. The van der Waals surface area contributed by atoms with Gasteiger partial charge in [0.2, 0.25) is 5.91 Å². The van der Waals surface area contributed by atoms with E-state index in [4.69, 9.17) is 9.63 Å². The zero-order valence-electron chi connectivity index (χ0n) is 14.1. The smallest absolute Gasteiger partial charge is 0.347 e. The van der Waals surface area contributed by atoms with Gasteiger partial charge in [-0.3, -0.25) is 9.69 Å². The van der Waals surface area contributed by atoms with Crippen molar-refractivity contribution < 1.29 is 19.2 Å². The van der Waals surface area contributed by atoms with E-state index in [9.17, 15) is 9.59 Å². The molecule has 1 atom stereocenters. The molecule has 0 bridgehead atoms. The topological polar surface area (TPSA) is 109 Å². The highest BCUT2D eigenvalue weighted by atomic mass is 32.1. The van der Waals surface area contributed by atoms with E-state index >= 15 is 0 Å². The van der Waals surface area contributed by atoms with E-state index < -0.39 is 5.97 Å². The Kier molecular flexibility index (Phi) is 5.14. The number of aromatic nitrogens is 2. The van der Waals surface area contributed by atoms with Gasteiger partial charge in [-0.15, -0.1) is 0 Å². The lowest BCUT2D eigenvalue weighted by Gasteiger charge is -2.33. The third-order valence-corrected chi connectivity index (χ3v) is 5.25. The molecule has 0 saturated carbocycles. The number of nitrogens with zero attached hydrogens (tertiary/aromatic N) is 3. The van der Waals surface area contributed by atoms with Gasteiger partial charge in [0.05, 0.1) is 18.3 Å². The molecule has 0 aromatic carbocycles. The van der Waals surface area contributed by atoms with Gasteiger partial charge in [-0.2, -0.15) is 0 Å². The molecule has 2 N–H and O–H groups in total. The first-order chi connectivity index (χ1) is 11.9. The summed E-state index contributed by atoms with van der Waals surface area (Å²) in [4.78, 5) is 29.8. The van der Waals surface area contributed by atoms with Crippen molar-refractivity contribution in [3.63, 3.8) is 0 Å². The van der Waals surface area contributed by atoms with Crippen LogP contribution in [0.15, 0.2) is 10.6 Å². The van der Waals surface area contributed by atoms with Crippen molar-refractivity contribution in [3.05, 3.63) is 28.1 Å². The predicted octanol–water partition coefficient (Wildman–Crippen LogP) is 2.61. The van der Waals surface area contributed by atoms with Crippen LogP contribution in [0, 0.1) is 13.8 Å². The molecule has 0 radical (unpaired) electrons. The maximum atomic E-state index is 12.4. The lowest BCUT2D eigenvalue weighted by molar-refractivity contribution is -0.118. The normalized spacial score (nSPS) is 18.2. The van der Waals surface area contributed by atoms with Crippen molar-refractivity contribution in [2.75, 3.05) is 18.4 Å². The van der Waals surface area contributed by atoms with Crippen LogP contribution in [0.2, 0.25) is 0 Å². The van der Waals surface area contributed by atoms with Crippen LogP contribution in [0.5, 0.6) is 0 Å². The summed E-state index contributed by atoms with van der Waals surface area (Å²) in [6.07, 6.45) is 3.04. The number of rotatable bonds is 5. The minimum absolute atomic E-state index is 0.0598. The molecule has 1 saturated heterocycles. The van der Waals surface area contributed by atoms with Gasteiger partial charge in [-0.05, 0) is 33.2 Å². The van der Waals surface area contributed by atoms with E-state index in [-0.39, 0.29) is 23.4 Å². The average Bonchev–Trinajstić information content (AvgIpc) is 3.13. The molecule has 134 valence electrons. The first-order valence-electron chi connectivity index (χ1n) is 8.12. The number of nitrogens with one attached hydrogen (secondary N) is 1. The number of carboxylic acids is 1. The van der Waals surface area contributed by atoms with Gasteiger partial charge in [-0.1, -0.05) is 22.9 Å². The van der Waals surface area contributed by atoms with Gasteiger partial charge >= 0.3 is 5.97 Å². The molecular weight excluding hydrogens is 344 g/mol. The second-order valence-corrected chi connectivity index (χ2v) is 7.13. The van der Waals surface area contributed by atoms with Gasteiger partial charge in [0.15, 0.2) is 5.13 Å². The molecule has 3 rings (SSSR count). The molecule has 0 spiro atoms. The molecule has 3 heterocycles. The number of amides is 1. The molecule has 25 heavy (non-hydrogen) atoms. The van der Waals surface area contributed by atoms with Gasteiger partial charge in [0.25, 0.3) is 0 Å². The summed E-state index contributed by atoms with van der Waals surface area (Å²) < 4.78 is 5.16. The zero-order valence-corrected chi connectivity index (χ0v) is 14.9. The maximum absolute atomic E-state index is 12.4. The summed E-state index contributed by atoms with van der Waals surface area (Å²) in [6.45, 7) is 4.48. The summed E-state index contributed by atoms with van der Waals surface area (Å²) in [6, 6.07) is 1.97. The van der Waals surface area contributed by atoms with Gasteiger partial charge in [-0.25, -0.2) is 9.78 Å². The molecule has 8 nitrogen and oxygen atoms in total. The standard InChI is InChI=1S/C16H20N4O4S/c1-9-7-11(19-24-9)12-5-3-4-6-20(12)8-13(21)18-16-17-10(2)14(25-16)15(22)23/h7,12H,3-6,8H2,1-2H3,(H,22,23)(H,17,18,21)/t12-/m1/s1. The summed E-state index contributed by atoms with van der Waals surface area (Å²) in [5.74, 6) is -0.491. The van der Waals surface area contributed by atoms with E-state index in [0.29, 0.717) is 10.8 Å². The van der Waals surface area contributed by atoms with E-state index in [0.717, 1.165) is 48.6 Å². The Morgan fingerprint density at radius 3 is 2.88 bits per heavy atom. The Bertz CT molecular complexity index is 785. The fourth-order valence-corrected chi connectivity index (χ4v) is 3.87. The summed E-state index contributed by atoms with van der Waals surface area (Å²) >= 11 is 0.970. The van der Waals surface area contributed by atoms with E-state index in [2.05, 4.69) is 20.4 Å². The van der Waals surface area contributed by atoms with E-state index in [1.54, 1.807) is 6.92 Å². The lowest BCUT2D eigenvalue weighted by Crippen LogP contribution is -2.39. The number of hydrogen-bond donors (Lipinski definition) is 2. The fraction of sp³-hybridized carbons (Fsp3) is 0.500. The third kappa shape index (κ3) is 4.05. The predicted molar refractivity (Wildman–Crippen MR) is 91.8 cm³/mol. The number of likely N-dealkylation sites (tertiary alicyclic amines) is 1. The SMILES string of the molecule is Cc1cc([C@H]2CCCCN2CC(=O)Nc2nc(C)c(C(=O)O)s2)no1. The highest BCUT2D eigenvalue weighted by Crippen LogP contribution is 2.30. The minimum atomic E-state index is -1.03. The number of carbonyl (C=O) groups excluding carboxylic acids is 1. The molecule has 9 heteroatoms. The summed E-state index contributed by atoms with van der Waals surface area (Å²) in [5.41, 5.74) is 1.25. The number of carboxylic acid groups (broad SMARTS) is 1. The number of anilines is 1. The van der Waals surface area contributed by atoms with Crippen LogP contribution in [-0.2, 0) is 4.79 Å². The fourth-order valence-electron chi connectivity index (χ4n) is 3.05. The number of hydrogen-bond acceptors (Lipinski definition) is 7. The number of aryl methyl sites for hydroxylation is 2. The van der Waals surface area contributed by atoms with Gasteiger partial charge < -0.3 is 14.9 Å². The Hall–Kier alpha value is -2.26. The molecule has 0 aliphatic carbocycles. The van der Waals surface area contributed by atoms with Crippen LogP contribution in [0.4, 0.5) is 5.13 Å². The van der Waals surface area contributed by atoms with Crippen molar-refractivity contribution in [2.45, 2.75) is 39.2 Å². The number of aromatic carboxylic acids is 1. The molecule has 2 aromatic heterocycles. The monoisotopic (exact) mass is 364 g/mol. The molecule has 2 aromatic rings. The lowest BCUT2D eigenvalue weighted by atomic mass is 9.99. The van der Waals surface area contributed by atoms with E-state index in [1.807, 2.05) is 13.0 Å². The van der Waals surface area contributed by atoms with Crippen LogP contribution in [0.25, 0.3) is 0 Å². The number of carbonyl (C=O) groups is 2. The van der Waals surface area contributed by atoms with E-state index in [1.165, 1.54) is 0 Å². The maximum Gasteiger partial charge on any atom is 0.347 e. The Morgan fingerprint density at radius 1 is 1.44 bits per heavy atom. The first-order valence-corrected chi connectivity index (χ1v) is 8.93. The Morgan fingerprint density at radius 2 is 2.24 bits per heavy atom. The highest BCUT2D eigenvalue weighted by molar-refractivity contribution is 7.17. The molecule has 1 amide bonds. The average molecular weight is 364 g/mol. The van der Waals surface area contributed by atoms with Crippen LogP contribution in [0.1, 0.15) is 52.1 Å². The van der Waals surface area contributed by atoms with Crippen LogP contribution in [-0.4, -0.2) is 45.1 Å². The largest absolute Gasteiger partial charge is 0.477 e. The molecular formula is C16H20N4O4S. The molecule has 1 aliphatic heterocycles. The Labute approximate surface area is 148 Å². The van der Waals surface area contributed by atoms with Crippen molar-refractivity contribution in [3.8, 4) is 0 Å². The second kappa shape index (κ2) is 7.32. The number of piperidine rings is 1.